The summed E-state index contributed by atoms with van der Waals surface area (Å²) >= 11 is 1.87. The molecule has 0 bridgehead atoms. The highest BCUT2D eigenvalue weighted by molar-refractivity contribution is 7.25. The Labute approximate surface area is 397 Å². The first kappa shape index (κ1) is 40.1. The Morgan fingerprint density at radius 3 is 1.66 bits per heavy atom. The molecule has 0 N–H and O–H groups in total. The van der Waals surface area contributed by atoms with E-state index in [2.05, 4.69) is 246 Å². The zero-order chi connectivity index (χ0) is 45.6. The van der Waals surface area contributed by atoms with Gasteiger partial charge in [0, 0.05) is 58.8 Å². The number of para-hydroxylation sites is 2. The quantitative estimate of drug-likeness (QED) is 0.167. The van der Waals surface area contributed by atoms with Crippen molar-refractivity contribution in [2.24, 2.45) is 0 Å². The van der Waals surface area contributed by atoms with Crippen molar-refractivity contribution in [3.63, 3.8) is 0 Å². The van der Waals surface area contributed by atoms with E-state index in [-0.39, 0.29) is 16.2 Å². The van der Waals surface area contributed by atoms with E-state index in [1.807, 2.05) is 11.3 Å². The number of hydrogen-bond donors (Lipinski definition) is 0. The topological polar surface area (TPSA) is 8.17 Å². The van der Waals surface area contributed by atoms with E-state index >= 15 is 0 Å². The normalized spacial score (nSPS) is 14.4. The van der Waals surface area contributed by atoms with E-state index < -0.39 is 0 Å². The smallest absolute Gasteiger partial charge is 0.0561 e. The fraction of sp³-hybridized carbons (Fsp3) is 0.156. The molecule has 0 fully saturated rings. The molecule has 13 rings (SSSR count). The van der Waals surface area contributed by atoms with Gasteiger partial charge in [0.05, 0.1) is 16.7 Å². The predicted molar refractivity (Wildman–Crippen MR) is 288 cm³/mol. The second-order valence-corrected chi connectivity index (χ2v) is 22.0. The fourth-order valence-electron chi connectivity index (χ4n) is 12.3. The summed E-state index contributed by atoms with van der Waals surface area (Å²) in [5, 5.41) is 5.14. The van der Waals surface area contributed by atoms with Gasteiger partial charge in [0.25, 0.3) is 0 Å². The van der Waals surface area contributed by atoms with Crippen LogP contribution in [0.3, 0.4) is 0 Å². The van der Waals surface area contributed by atoms with Gasteiger partial charge in [-0.15, -0.1) is 11.3 Å². The molecule has 0 spiro atoms. The summed E-state index contributed by atoms with van der Waals surface area (Å²) in [6.07, 6.45) is 0. The van der Waals surface area contributed by atoms with Gasteiger partial charge in [0.15, 0.2) is 0 Å². The molecule has 2 aliphatic carbocycles. The number of hydrogen-bond acceptors (Lipinski definition) is 2. The zero-order valence-corrected chi connectivity index (χ0v) is 40.0. The minimum Gasteiger partial charge on any atom is -0.310 e. The van der Waals surface area contributed by atoms with Crippen LogP contribution in [0.25, 0.3) is 81.0 Å². The van der Waals surface area contributed by atoms with E-state index in [0.717, 1.165) is 17.1 Å². The van der Waals surface area contributed by atoms with Gasteiger partial charge in [-0.3, -0.25) is 0 Å². The second-order valence-electron chi connectivity index (χ2n) is 20.9. The van der Waals surface area contributed by atoms with E-state index in [1.54, 1.807) is 0 Å². The Morgan fingerprint density at radius 1 is 0.448 bits per heavy atom. The first-order valence-corrected chi connectivity index (χ1v) is 24.6. The van der Waals surface area contributed by atoms with Crippen molar-refractivity contribution in [2.75, 3.05) is 4.90 Å². The number of benzene rings is 9. The molecule has 3 heteroatoms. The number of rotatable bonds is 5. The van der Waals surface area contributed by atoms with Gasteiger partial charge in [-0.1, -0.05) is 176 Å². The average Bonchev–Trinajstić information content (AvgIpc) is 4.02. The molecular formula is C64H52N2S. The van der Waals surface area contributed by atoms with E-state index in [4.69, 9.17) is 0 Å². The first-order chi connectivity index (χ1) is 32.4. The van der Waals surface area contributed by atoms with Crippen molar-refractivity contribution < 1.29 is 0 Å². The van der Waals surface area contributed by atoms with Crippen molar-refractivity contribution in [3.05, 3.63) is 216 Å². The van der Waals surface area contributed by atoms with Gasteiger partial charge < -0.3 is 9.47 Å². The van der Waals surface area contributed by atoms with E-state index in [1.165, 1.54) is 109 Å². The molecular weight excluding hydrogens is 829 g/mol. The number of thiophene rings is 1. The SMILES string of the molecule is CC(C)(C)c1c2c(c(N(c3ccc(-c4ccc5sc6ccccc6c5c4)cc3)c3ccc4c5ccccc5n(-c5ccccc5)c4c3)c3c1-c1ccccc1C3(C)C)C(C)(C)c1ccccc1-2. The standard InChI is InChI=1S/C64H52N2S/c1-62(2,3)58-56-47-23-11-15-25-50(47)63(4,5)59(56)61(60-57(58)48-24-12-16-26-51(48)64(60,6)7)65(42-32-29-39(30-33-42)40-31-36-55-49(37-40)46-22-14-18-28-54(46)67-55)43-34-35-45-44-21-13-17-27-52(44)66(53(45)38-43)41-19-9-8-10-20-41/h8-38H,1-7H3. The van der Waals surface area contributed by atoms with Crippen LogP contribution in [-0.2, 0) is 16.2 Å². The fourth-order valence-corrected chi connectivity index (χ4v) is 13.4. The molecule has 324 valence electrons. The molecule has 0 saturated carbocycles. The van der Waals surface area contributed by atoms with Crippen molar-refractivity contribution >= 4 is 70.4 Å². The Morgan fingerprint density at radius 2 is 0.985 bits per heavy atom. The first-order valence-electron chi connectivity index (χ1n) is 23.8. The maximum absolute atomic E-state index is 2.65. The molecule has 11 aromatic rings. The lowest BCUT2D eigenvalue weighted by Gasteiger charge is -2.39. The molecule has 2 aromatic heterocycles. The van der Waals surface area contributed by atoms with Crippen LogP contribution < -0.4 is 4.90 Å². The minimum absolute atomic E-state index is 0.148. The Bertz CT molecular complexity index is 3750. The summed E-state index contributed by atoms with van der Waals surface area (Å²) in [6.45, 7) is 17.1. The lowest BCUT2D eigenvalue weighted by Crippen LogP contribution is -2.27. The Hall–Kier alpha value is -7.20. The van der Waals surface area contributed by atoms with Crippen LogP contribution in [0.2, 0.25) is 0 Å². The van der Waals surface area contributed by atoms with Crippen LogP contribution >= 0.6 is 11.3 Å². The third-order valence-corrected chi connectivity index (χ3v) is 16.4. The summed E-state index contributed by atoms with van der Waals surface area (Å²) in [5.74, 6) is 0. The predicted octanol–water partition coefficient (Wildman–Crippen LogP) is 18.2. The van der Waals surface area contributed by atoms with Crippen molar-refractivity contribution in [1.29, 1.82) is 0 Å². The van der Waals surface area contributed by atoms with Crippen LogP contribution in [0.5, 0.6) is 0 Å². The minimum atomic E-state index is -0.304. The largest absolute Gasteiger partial charge is 0.310 e. The second kappa shape index (κ2) is 14.2. The van der Waals surface area contributed by atoms with Gasteiger partial charge in [0.2, 0.25) is 0 Å². The third kappa shape index (κ3) is 5.68. The zero-order valence-electron chi connectivity index (χ0n) is 39.2. The summed E-state index contributed by atoms with van der Waals surface area (Å²) in [7, 11) is 0. The molecule has 0 saturated heterocycles. The van der Waals surface area contributed by atoms with E-state index in [0.29, 0.717) is 0 Å². The molecule has 0 radical (unpaired) electrons. The van der Waals surface area contributed by atoms with Gasteiger partial charge in [0.1, 0.15) is 0 Å². The molecule has 0 aliphatic heterocycles. The van der Waals surface area contributed by atoms with Crippen molar-refractivity contribution in [1.82, 2.24) is 4.57 Å². The molecule has 2 nitrogen and oxygen atoms in total. The summed E-state index contributed by atoms with van der Waals surface area (Å²) < 4.78 is 5.11. The molecule has 0 unspecified atom stereocenters. The molecule has 0 atom stereocenters. The maximum Gasteiger partial charge on any atom is 0.0561 e. The maximum atomic E-state index is 2.65. The summed E-state index contributed by atoms with van der Waals surface area (Å²) in [6, 6.07) is 70.7. The lowest BCUT2D eigenvalue weighted by atomic mass is 9.71. The molecule has 0 amide bonds. The third-order valence-electron chi connectivity index (χ3n) is 15.2. The number of aromatic nitrogens is 1. The molecule has 2 heterocycles. The highest BCUT2D eigenvalue weighted by Crippen LogP contribution is 2.66. The van der Waals surface area contributed by atoms with Crippen LogP contribution in [0.15, 0.2) is 188 Å². The Balaban J connectivity index is 1.14. The molecule has 9 aromatic carbocycles. The lowest BCUT2D eigenvalue weighted by molar-refractivity contribution is 0.587. The van der Waals surface area contributed by atoms with Crippen LogP contribution in [0.4, 0.5) is 17.1 Å². The number of fused-ring (bicyclic) bond motifs is 12. The number of anilines is 3. The van der Waals surface area contributed by atoms with Gasteiger partial charge in [-0.2, -0.15) is 0 Å². The average molecular weight is 881 g/mol. The van der Waals surface area contributed by atoms with Crippen molar-refractivity contribution in [3.8, 4) is 39.1 Å². The highest BCUT2D eigenvalue weighted by atomic mass is 32.1. The van der Waals surface area contributed by atoms with Gasteiger partial charge in [-0.25, -0.2) is 0 Å². The molecule has 2 aliphatic rings. The van der Waals surface area contributed by atoms with Gasteiger partial charge >= 0.3 is 0 Å². The highest BCUT2D eigenvalue weighted by Gasteiger charge is 2.50. The Kier molecular flexibility index (Phi) is 8.47. The van der Waals surface area contributed by atoms with Crippen LogP contribution in [0.1, 0.15) is 76.3 Å². The molecule has 67 heavy (non-hydrogen) atoms. The van der Waals surface area contributed by atoms with Gasteiger partial charge in [-0.05, 0) is 127 Å². The summed E-state index contributed by atoms with van der Waals surface area (Å²) in [4.78, 5) is 2.65. The van der Waals surface area contributed by atoms with Crippen LogP contribution in [0, 0.1) is 0 Å². The monoisotopic (exact) mass is 880 g/mol. The summed E-state index contributed by atoms with van der Waals surface area (Å²) in [5.41, 5.74) is 21.3. The van der Waals surface area contributed by atoms with Crippen LogP contribution in [-0.4, -0.2) is 4.57 Å². The van der Waals surface area contributed by atoms with Crippen molar-refractivity contribution in [2.45, 2.75) is 64.7 Å². The number of nitrogens with zero attached hydrogens (tertiary/aromatic N) is 2. The van der Waals surface area contributed by atoms with E-state index in [9.17, 15) is 0 Å².